The average molecular weight is 453 g/mol. The minimum atomic E-state index is -0.651. The molecule has 1 amide bonds. The minimum absolute atomic E-state index is 0.179. The molecule has 0 aliphatic carbocycles. The van der Waals surface area contributed by atoms with Crippen LogP contribution in [0.4, 0.5) is 0 Å². The van der Waals surface area contributed by atoms with E-state index in [1.165, 1.54) is 11.3 Å². The van der Waals surface area contributed by atoms with Crippen LogP contribution in [-0.4, -0.2) is 63.6 Å². The van der Waals surface area contributed by atoms with Crippen LogP contribution >= 0.6 is 22.9 Å². The van der Waals surface area contributed by atoms with Gasteiger partial charge in [-0.2, -0.15) is 9.97 Å². The van der Waals surface area contributed by atoms with Gasteiger partial charge in [0.05, 0.1) is 23.6 Å². The first-order valence-electron chi connectivity index (χ1n) is 9.12. The lowest BCUT2D eigenvalue weighted by atomic mass is 10.1. The number of pyridine rings is 1. The molecular formula is C18H17ClN4O6S. The van der Waals surface area contributed by atoms with Crippen LogP contribution in [0.2, 0.25) is 5.02 Å². The summed E-state index contributed by atoms with van der Waals surface area (Å²) in [7, 11) is 0. The van der Waals surface area contributed by atoms with Crippen molar-refractivity contribution in [2.75, 3.05) is 13.2 Å². The van der Waals surface area contributed by atoms with Crippen molar-refractivity contribution in [2.24, 2.45) is 5.73 Å². The van der Waals surface area contributed by atoms with Gasteiger partial charge in [-0.1, -0.05) is 11.6 Å². The monoisotopic (exact) mass is 452 g/mol. The highest BCUT2D eigenvalue weighted by atomic mass is 35.5. The van der Waals surface area contributed by atoms with Gasteiger partial charge in [-0.25, -0.2) is 0 Å². The van der Waals surface area contributed by atoms with Gasteiger partial charge in [0.15, 0.2) is 11.8 Å². The van der Waals surface area contributed by atoms with Gasteiger partial charge in [0.1, 0.15) is 29.9 Å². The van der Waals surface area contributed by atoms with Gasteiger partial charge in [0.2, 0.25) is 5.88 Å². The highest BCUT2D eigenvalue weighted by Crippen LogP contribution is 2.31. The second kappa shape index (κ2) is 7.67. The van der Waals surface area contributed by atoms with E-state index in [1.807, 2.05) is 0 Å². The maximum absolute atomic E-state index is 11.2. The van der Waals surface area contributed by atoms with Crippen molar-refractivity contribution in [1.29, 1.82) is 0 Å². The molecule has 0 spiro atoms. The van der Waals surface area contributed by atoms with Crippen LogP contribution in [0.15, 0.2) is 17.5 Å². The molecule has 4 N–H and O–H groups in total. The van der Waals surface area contributed by atoms with E-state index < -0.39 is 18.1 Å². The molecule has 3 aromatic rings. The van der Waals surface area contributed by atoms with Crippen molar-refractivity contribution in [3.05, 3.63) is 33.0 Å². The molecule has 5 rings (SSSR count). The number of nitrogens with zero attached hydrogens (tertiary/aromatic N) is 2. The summed E-state index contributed by atoms with van der Waals surface area (Å²) < 4.78 is 22.6. The number of H-pyrrole nitrogens is 1. The van der Waals surface area contributed by atoms with Crippen molar-refractivity contribution in [1.82, 2.24) is 15.0 Å². The molecule has 12 heteroatoms. The predicted molar refractivity (Wildman–Crippen MR) is 106 cm³/mol. The quantitative estimate of drug-likeness (QED) is 0.507. The number of carbonyl (C=O) groups is 1. The maximum atomic E-state index is 11.2. The lowest BCUT2D eigenvalue weighted by Crippen LogP contribution is -2.34. The number of aliphatic hydroxyl groups excluding tert-OH is 1. The van der Waals surface area contributed by atoms with Gasteiger partial charge in [-0.05, 0) is 17.5 Å². The lowest BCUT2D eigenvalue weighted by Gasteiger charge is -2.15. The van der Waals surface area contributed by atoms with E-state index in [-0.39, 0.29) is 37.3 Å². The largest absolute Gasteiger partial charge is 0.472 e. The zero-order chi connectivity index (χ0) is 20.8. The summed E-state index contributed by atoms with van der Waals surface area (Å²) in [6, 6.07) is 3.55. The van der Waals surface area contributed by atoms with E-state index in [0.29, 0.717) is 27.7 Å². The molecule has 158 valence electrons. The average Bonchev–Trinajstić information content (AvgIpc) is 3.47. The van der Waals surface area contributed by atoms with E-state index in [2.05, 4.69) is 15.0 Å². The second-order valence-corrected chi connectivity index (χ2v) is 8.30. The number of ether oxygens (including phenoxy) is 4. The molecule has 0 radical (unpaired) electrons. The van der Waals surface area contributed by atoms with Gasteiger partial charge < -0.3 is 34.8 Å². The number of primary amides is 1. The molecule has 0 bridgehead atoms. The summed E-state index contributed by atoms with van der Waals surface area (Å²) in [6.07, 6.45) is -1.78. The number of fused-ring (bicyclic) bond motifs is 2. The second-order valence-electron chi connectivity index (χ2n) is 6.98. The molecule has 2 aliphatic rings. The fourth-order valence-electron chi connectivity index (χ4n) is 3.46. The molecule has 30 heavy (non-hydrogen) atoms. The zero-order valence-corrected chi connectivity index (χ0v) is 17.0. The number of imidazole rings is 1. The first kappa shape index (κ1) is 19.5. The van der Waals surface area contributed by atoms with Gasteiger partial charge >= 0.3 is 0 Å². The van der Waals surface area contributed by atoms with E-state index in [0.717, 1.165) is 5.56 Å². The SMILES string of the molecule is NC(=O)c1cc(COc2nc3nc(O[C@@H]4CO[C@H]5[C@@H]4OC[C@H]5O)[nH]c3cc2Cl)cs1. The molecule has 2 saturated heterocycles. The molecule has 0 unspecified atom stereocenters. The van der Waals surface area contributed by atoms with Crippen LogP contribution in [0.1, 0.15) is 15.2 Å². The van der Waals surface area contributed by atoms with Crippen LogP contribution in [0.25, 0.3) is 11.2 Å². The van der Waals surface area contributed by atoms with E-state index in [1.54, 1.807) is 17.5 Å². The Kier molecular flexibility index (Phi) is 4.99. The Morgan fingerprint density at radius 1 is 1.33 bits per heavy atom. The van der Waals surface area contributed by atoms with Crippen LogP contribution < -0.4 is 15.2 Å². The van der Waals surface area contributed by atoms with Crippen molar-refractivity contribution in [3.63, 3.8) is 0 Å². The van der Waals surface area contributed by atoms with Crippen molar-refractivity contribution in [2.45, 2.75) is 31.0 Å². The van der Waals surface area contributed by atoms with Gasteiger partial charge in [-0.3, -0.25) is 4.79 Å². The number of hydrogen-bond donors (Lipinski definition) is 3. The fourth-order valence-corrected chi connectivity index (χ4v) is 4.41. The number of amides is 1. The fraction of sp³-hybridized carbons (Fsp3) is 0.389. The molecule has 2 fully saturated rings. The van der Waals surface area contributed by atoms with Crippen LogP contribution in [-0.2, 0) is 16.1 Å². The van der Waals surface area contributed by atoms with E-state index >= 15 is 0 Å². The number of aromatic amines is 1. The number of rotatable bonds is 6. The van der Waals surface area contributed by atoms with Crippen LogP contribution in [0, 0.1) is 0 Å². The standard InChI is InChI=1S/C18H17ClN4O6S/c19-8-2-9-16(22-17(8)28-3-7-1-12(15(20)25)30-6-7)23-18(21-9)29-11-5-27-13-10(24)4-26-14(11)13/h1-2,6,10-11,13-14,24H,3-5H2,(H2,20,25)(H,21,22,23)/t10-,11-,13-,14-/m1/s1. The number of thiophene rings is 1. The molecule has 4 atom stereocenters. The third kappa shape index (κ3) is 3.59. The third-order valence-corrected chi connectivity index (χ3v) is 6.15. The molecule has 10 nitrogen and oxygen atoms in total. The Bertz CT molecular complexity index is 1100. The minimum Gasteiger partial charge on any atom is -0.472 e. The highest BCUT2D eigenvalue weighted by Gasteiger charge is 2.48. The Morgan fingerprint density at radius 3 is 2.97 bits per heavy atom. The normalized spacial score (nSPS) is 25.5. The zero-order valence-electron chi connectivity index (χ0n) is 15.4. The number of aliphatic hydroxyl groups is 1. The number of nitrogens with one attached hydrogen (secondary N) is 1. The van der Waals surface area contributed by atoms with Crippen molar-refractivity contribution in [3.8, 4) is 11.9 Å². The van der Waals surface area contributed by atoms with Crippen LogP contribution in [0.5, 0.6) is 11.9 Å². The summed E-state index contributed by atoms with van der Waals surface area (Å²) in [4.78, 5) is 23.3. The molecular weight excluding hydrogens is 436 g/mol. The Labute approximate surface area is 178 Å². The smallest absolute Gasteiger partial charge is 0.296 e. The summed E-state index contributed by atoms with van der Waals surface area (Å²) in [5.74, 6) is -0.273. The molecule has 0 aromatic carbocycles. The third-order valence-electron chi connectivity index (χ3n) is 4.89. The molecule has 2 aliphatic heterocycles. The Hall–Kier alpha value is -2.44. The number of nitrogens with two attached hydrogens (primary N) is 1. The number of hydrogen-bond acceptors (Lipinski definition) is 9. The van der Waals surface area contributed by atoms with Gasteiger partial charge in [0.25, 0.3) is 11.9 Å². The lowest BCUT2D eigenvalue weighted by molar-refractivity contribution is 0.00706. The first-order valence-corrected chi connectivity index (χ1v) is 10.4. The number of halogens is 1. The van der Waals surface area contributed by atoms with Gasteiger partial charge in [0, 0.05) is 5.56 Å². The number of carbonyl (C=O) groups excluding carboxylic acids is 1. The molecule has 0 saturated carbocycles. The van der Waals surface area contributed by atoms with Gasteiger partial charge in [-0.15, -0.1) is 11.3 Å². The highest BCUT2D eigenvalue weighted by molar-refractivity contribution is 7.12. The maximum Gasteiger partial charge on any atom is 0.296 e. The van der Waals surface area contributed by atoms with E-state index in [4.69, 9.17) is 36.3 Å². The van der Waals surface area contributed by atoms with Crippen molar-refractivity contribution < 1.29 is 28.8 Å². The van der Waals surface area contributed by atoms with E-state index in [9.17, 15) is 9.90 Å². The predicted octanol–water partition coefficient (Wildman–Crippen LogP) is 1.26. The van der Waals surface area contributed by atoms with Crippen LogP contribution in [0.3, 0.4) is 0 Å². The summed E-state index contributed by atoms with van der Waals surface area (Å²) in [5, 5.41) is 11.9. The number of aromatic nitrogens is 3. The first-order chi connectivity index (χ1) is 14.5. The van der Waals surface area contributed by atoms with Crippen molar-refractivity contribution >= 4 is 40.0 Å². The summed E-state index contributed by atoms with van der Waals surface area (Å²) >= 11 is 7.52. The topological polar surface area (TPSA) is 142 Å². The Morgan fingerprint density at radius 2 is 2.17 bits per heavy atom. The Balaban J connectivity index is 1.30. The molecule has 5 heterocycles. The summed E-state index contributed by atoms with van der Waals surface area (Å²) in [6.45, 7) is 0.691. The molecule has 3 aromatic heterocycles. The summed E-state index contributed by atoms with van der Waals surface area (Å²) in [5.41, 5.74) is 7.00.